The van der Waals surface area contributed by atoms with Crippen LogP contribution in [0.3, 0.4) is 0 Å². The minimum Gasteiger partial charge on any atom is -0.398 e. The van der Waals surface area contributed by atoms with E-state index in [-0.39, 0.29) is 12.5 Å². The maximum absolute atomic E-state index is 12.1. The van der Waals surface area contributed by atoms with Crippen LogP contribution < -0.4 is 16.8 Å². The summed E-state index contributed by atoms with van der Waals surface area (Å²) in [6.07, 6.45) is 2.46. The molecule has 3 aromatic heterocycles. The average molecular weight is 429 g/mol. The van der Waals surface area contributed by atoms with Gasteiger partial charge in [-0.3, -0.25) is 9.48 Å². The molecule has 0 aliphatic carbocycles. The lowest BCUT2D eigenvalue weighted by Crippen LogP contribution is -2.29. The van der Waals surface area contributed by atoms with Crippen LogP contribution in [0.15, 0.2) is 42.6 Å². The molecule has 1 amide bonds. The third-order valence-corrected chi connectivity index (χ3v) is 5.93. The van der Waals surface area contributed by atoms with Gasteiger partial charge in [0.05, 0.1) is 5.69 Å². The first-order valence-corrected chi connectivity index (χ1v) is 10.4. The Bertz CT molecular complexity index is 1360. The van der Waals surface area contributed by atoms with E-state index in [0.717, 1.165) is 39.7 Å². The Kier molecular flexibility index (Phi) is 4.66. The molecule has 9 heteroatoms. The van der Waals surface area contributed by atoms with Crippen LogP contribution in [-0.2, 0) is 17.8 Å². The highest BCUT2D eigenvalue weighted by Gasteiger charge is 2.19. The van der Waals surface area contributed by atoms with Crippen LogP contribution >= 0.6 is 0 Å². The molecule has 0 bridgehead atoms. The smallest absolute Gasteiger partial charge is 0.244 e. The fourth-order valence-electron chi connectivity index (χ4n) is 3.95. The van der Waals surface area contributed by atoms with Gasteiger partial charge in [0.1, 0.15) is 18.2 Å². The molecule has 0 saturated carbocycles. The predicted octanol–water partition coefficient (Wildman–Crippen LogP) is 2.72. The van der Waals surface area contributed by atoms with Gasteiger partial charge in [0.25, 0.3) is 0 Å². The van der Waals surface area contributed by atoms with E-state index in [1.807, 2.05) is 50.4 Å². The van der Waals surface area contributed by atoms with Gasteiger partial charge in [-0.1, -0.05) is 12.1 Å². The predicted molar refractivity (Wildman–Crippen MR) is 125 cm³/mol. The molecule has 0 saturated heterocycles. The quantitative estimate of drug-likeness (QED) is 0.428. The highest BCUT2D eigenvalue weighted by Crippen LogP contribution is 2.31. The Labute approximate surface area is 185 Å². The largest absolute Gasteiger partial charge is 0.398 e. The summed E-state index contributed by atoms with van der Waals surface area (Å²) in [4.78, 5) is 22.9. The fraction of sp³-hybridized carbons (Fsp3) is 0.217. The molecule has 0 spiro atoms. The van der Waals surface area contributed by atoms with Gasteiger partial charge in [-0.2, -0.15) is 5.10 Å². The summed E-state index contributed by atoms with van der Waals surface area (Å²) in [6.45, 7) is 2.89. The molecule has 4 aromatic rings. The number of hydrogen-bond donors (Lipinski definition) is 3. The summed E-state index contributed by atoms with van der Waals surface area (Å²) in [7, 11) is 1.81. The SMILES string of the molecule is Cc1c(N)cccc1-c1cc2cc(Nc3cc4n(n3)CC(=O)N(C)CC4)ncc2c(N)n1. The van der Waals surface area contributed by atoms with E-state index in [4.69, 9.17) is 11.5 Å². The Balaban J connectivity index is 1.49. The summed E-state index contributed by atoms with van der Waals surface area (Å²) >= 11 is 0. The van der Waals surface area contributed by atoms with Crippen molar-refractivity contribution < 1.29 is 4.79 Å². The van der Waals surface area contributed by atoms with E-state index >= 15 is 0 Å². The Morgan fingerprint density at radius 2 is 1.97 bits per heavy atom. The van der Waals surface area contributed by atoms with Gasteiger partial charge in [0.2, 0.25) is 5.91 Å². The zero-order chi connectivity index (χ0) is 22.4. The summed E-state index contributed by atoms with van der Waals surface area (Å²) in [5.41, 5.74) is 16.7. The van der Waals surface area contributed by atoms with Crippen molar-refractivity contribution >= 4 is 39.8 Å². The first-order chi connectivity index (χ1) is 15.4. The second-order valence-corrected chi connectivity index (χ2v) is 8.07. The van der Waals surface area contributed by atoms with Crippen molar-refractivity contribution in [3.63, 3.8) is 0 Å². The van der Waals surface area contributed by atoms with E-state index in [1.165, 1.54) is 0 Å². The summed E-state index contributed by atoms with van der Waals surface area (Å²) in [5, 5.41) is 9.47. The van der Waals surface area contributed by atoms with Crippen LogP contribution in [0.2, 0.25) is 0 Å². The number of nitrogens with two attached hydrogens (primary N) is 2. The number of aromatic nitrogens is 4. The molecule has 1 aliphatic heterocycles. The number of amides is 1. The molecule has 9 nitrogen and oxygen atoms in total. The van der Waals surface area contributed by atoms with Crippen molar-refractivity contribution in [3.8, 4) is 11.3 Å². The van der Waals surface area contributed by atoms with Crippen molar-refractivity contribution in [1.82, 2.24) is 24.6 Å². The first-order valence-electron chi connectivity index (χ1n) is 10.4. The number of anilines is 4. The molecule has 5 rings (SSSR count). The Hall–Kier alpha value is -4.14. The molecule has 1 aromatic carbocycles. The molecular formula is C23H24N8O. The lowest BCUT2D eigenvalue weighted by molar-refractivity contribution is -0.130. The summed E-state index contributed by atoms with van der Waals surface area (Å²) in [5.74, 6) is 1.75. The monoisotopic (exact) mass is 428 g/mol. The zero-order valence-electron chi connectivity index (χ0n) is 18.0. The Morgan fingerprint density at radius 1 is 1.12 bits per heavy atom. The molecule has 0 atom stereocenters. The molecule has 0 fully saturated rings. The molecule has 162 valence electrons. The van der Waals surface area contributed by atoms with E-state index in [2.05, 4.69) is 20.4 Å². The number of pyridine rings is 2. The fourth-order valence-corrected chi connectivity index (χ4v) is 3.95. The second kappa shape index (κ2) is 7.52. The van der Waals surface area contributed by atoms with Gasteiger partial charge in [-0.05, 0) is 36.1 Å². The minimum atomic E-state index is 0.0505. The highest BCUT2D eigenvalue weighted by atomic mass is 16.2. The number of fused-ring (bicyclic) bond motifs is 2. The van der Waals surface area contributed by atoms with Crippen molar-refractivity contribution in [2.75, 3.05) is 30.4 Å². The van der Waals surface area contributed by atoms with Crippen LogP contribution in [0.5, 0.6) is 0 Å². The maximum Gasteiger partial charge on any atom is 0.244 e. The van der Waals surface area contributed by atoms with Gasteiger partial charge in [0.15, 0.2) is 5.82 Å². The molecule has 32 heavy (non-hydrogen) atoms. The summed E-state index contributed by atoms with van der Waals surface area (Å²) in [6, 6.07) is 11.6. The summed E-state index contributed by atoms with van der Waals surface area (Å²) < 4.78 is 1.75. The first kappa shape index (κ1) is 19.8. The van der Waals surface area contributed by atoms with Crippen molar-refractivity contribution in [1.29, 1.82) is 0 Å². The Morgan fingerprint density at radius 3 is 2.81 bits per heavy atom. The van der Waals surface area contributed by atoms with Crippen molar-refractivity contribution in [2.24, 2.45) is 0 Å². The normalized spacial score (nSPS) is 13.8. The number of likely N-dealkylation sites (N-methyl/N-ethyl adjacent to an activating group) is 1. The van der Waals surface area contributed by atoms with Gasteiger partial charge in [-0.25, -0.2) is 9.97 Å². The van der Waals surface area contributed by atoms with Gasteiger partial charge < -0.3 is 21.7 Å². The van der Waals surface area contributed by atoms with E-state index in [0.29, 0.717) is 29.7 Å². The number of hydrogen-bond acceptors (Lipinski definition) is 7. The molecule has 5 N–H and O–H groups in total. The standard InChI is InChI=1S/C23H24N8O/c1-13-16(4-3-5-18(13)24)19-8-14-9-20(26-11-17(14)23(25)27-19)28-21-10-15-6-7-30(2)22(32)12-31(15)29-21/h3-5,8-11H,6-7,12,24H2,1-2H3,(H2,25,27)(H,26,28,29). The van der Waals surface area contributed by atoms with Gasteiger partial charge in [-0.15, -0.1) is 0 Å². The number of rotatable bonds is 3. The lowest BCUT2D eigenvalue weighted by atomic mass is 10.0. The second-order valence-electron chi connectivity index (χ2n) is 8.07. The lowest BCUT2D eigenvalue weighted by Gasteiger charge is -2.12. The van der Waals surface area contributed by atoms with Gasteiger partial charge in [0, 0.05) is 54.6 Å². The molecule has 1 aliphatic rings. The highest BCUT2D eigenvalue weighted by molar-refractivity contribution is 5.95. The third kappa shape index (κ3) is 3.47. The van der Waals surface area contributed by atoms with E-state index in [9.17, 15) is 4.79 Å². The number of nitrogen functional groups attached to an aromatic ring is 2. The minimum absolute atomic E-state index is 0.0505. The molecule has 0 unspecified atom stereocenters. The topological polar surface area (TPSA) is 128 Å². The number of carbonyl (C=O) groups excluding carboxylic acids is 1. The van der Waals surface area contributed by atoms with Gasteiger partial charge >= 0.3 is 0 Å². The van der Waals surface area contributed by atoms with Crippen molar-refractivity contribution in [2.45, 2.75) is 19.9 Å². The number of nitrogens with zero attached hydrogens (tertiary/aromatic N) is 5. The van der Waals surface area contributed by atoms with E-state index in [1.54, 1.807) is 15.8 Å². The van der Waals surface area contributed by atoms with E-state index < -0.39 is 0 Å². The van der Waals surface area contributed by atoms with Crippen LogP contribution in [0, 0.1) is 6.92 Å². The molecular weight excluding hydrogens is 404 g/mol. The number of nitrogens with one attached hydrogen (secondary N) is 1. The van der Waals surface area contributed by atoms with Crippen LogP contribution in [0.4, 0.5) is 23.1 Å². The van der Waals surface area contributed by atoms with Crippen LogP contribution in [-0.4, -0.2) is 44.1 Å². The number of carbonyl (C=O) groups is 1. The molecule has 4 heterocycles. The van der Waals surface area contributed by atoms with Crippen molar-refractivity contribution in [3.05, 3.63) is 53.9 Å². The average Bonchev–Trinajstić information content (AvgIpc) is 3.08. The van der Waals surface area contributed by atoms with Crippen LogP contribution in [0.25, 0.3) is 22.0 Å². The maximum atomic E-state index is 12.1. The zero-order valence-corrected chi connectivity index (χ0v) is 18.0. The van der Waals surface area contributed by atoms with Crippen LogP contribution in [0.1, 0.15) is 11.3 Å². The molecule has 0 radical (unpaired) electrons. The number of benzene rings is 1. The third-order valence-electron chi connectivity index (χ3n) is 5.93.